The fourth-order valence-corrected chi connectivity index (χ4v) is 4.47. The van der Waals surface area contributed by atoms with E-state index in [0.717, 1.165) is 22.9 Å². The van der Waals surface area contributed by atoms with E-state index >= 15 is 0 Å². The Balaban J connectivity index is 2.36. The highest BCUT2D eigenvalue weighted by atomic mass is 32.2. The minimum absolute atomic E-state index is 0.214. The summed E-state index contributed by atoms with van der Waals surface area (Å²) in [5, 5.41) is 2.95. The van der Waals surface area contributed by atoms with E-state index in [2.05, 4.69) is 5.32 Å². The topological polar surface area (TPSA) is 66.5 Å². The second kappa shape index (κ2) is 8.57. The molecule has 1 N–H and O–H groups in total. The molecule has 0 aliphatic heterocycles. The van der Waals surface area contributed by atoms with E-state index in [0.29, 0.717) is 12.1 Å². The van der Waals surface area contributed by atoms with Gasteiger partial charge in [-0.3, -0.25) is 9.10 Å². The maximum absolute atomic E-state index is 13.0. The third-order valence-electron chi connectivity index (χ3n) is 4.45. The third kappa shape index (κ3) is 5.32. The van der Waals surface area contributed by atoms with Gasteiger partial charge in [0.1, 0.15) is 6.04 Å². The van der Waals surface area contributed by atoms with E-state index in [-0.39, 0.29) is 11.9 Å². The fourth-order valence-electron chi connectivity index (χ4n) is 3.27. The van der Waals surface area contributed by atoms with E-state index in [1.165, 1.54) is 4.31 Å². The summed E-state index contributed by atoms with van der Waals surface area (Å²) in [6.45, 7) is 7.53. The number of hydrogen-bond donors (Lipinski definition) is 1. The Hall–Kier alpha value is -2.34. The molecule has 2 aromatic rings. The normalized spacial score (nSPS) is 13.7. The monoisotopic (exact) mass is 388 g/mol. The van der Waals surface area contributed by atoms with E-state index in [1.807, 2.05) is 64.1 Å². The lowest BCUT2D eigenvalue weighted by Crippen LogP contribution is -2.49. The van der Waals surface area contributed by atoms with Crippen molar-refractivity contribution >= 4 is 21.6 Å². The number of benzene rings is 2. The first kappa shape index (κ1) is 21.0. The molecule has 2 atom stereocenters. The Kier molecular flexibility index (Phi) is 6.65. The highest BCUT2D eigenvalue weighted by Gasteiger charge is 2.32. The predicted octanol–water partition coefficient (Wildman–Crippen LogP) is 3.73. The summed E-state index contributed by atoms with van der Waals surface area (Å²) in [4.78, 5) is 13.0. The molecule has 0 fully saturated rings. The van der Waals surface area contributed by atoms with E-state index in [9.17, 15) is 13.2 Å². The second-order valence-electron chi connectivity index (χ2n) is 6.97. The summed E-state index contributed by atoms with van der Waals surface area (Å²) in [7, 11) is -3.64. The van der Waals surface area contributed by atoms with Crippen LogP contribution in [0.4, 0.5) is 5.69 Å². The van der Waals surface area contributed by atoms with Crippen molar-refractivity contribution in [3.8, 4) is 0 Å². The van der Waals surface area contributed by atoms with Crippen molar-refractivity contribution in [1.29, 1.82) is 0 Å². The predicted molar refractivity (Wildman–Crippen MR) is 110 cm³/mol. The lowest BCUT2D eigenvalue weighted by Gasteiger charge is -2.31. The van der Waals surface area contributed by atoms with E-state index < -0.39 is 16.1 Å². The van der Waals surface area contributed by atoms with Crippen molar-refractivity contribution in [3.63, 3.8) is 0 Å². The molecular formula is C21H28N2O3S. The van der Waals surface area contributed by atoms with Gasteiger partial charge >= 0.3 is 0 Å². The van der Waals surface area contributed by atoms with Crippen molar-refractivity contribution in [1.82, 2.24) is 5.32 Å². The van der Waals surface area contributed by atoms with Gasteiger partial charge in [-0.05, 0) is 56.0 Å². The molecule has 0 aromatic heterocycles. The van der Waals surface area contributed by atoms with Gasteiger partial charge in [0.25, 0.3) is 0 Å². The van der Waals surface area contributed by atoms with Gasteiger partial charge in [-0.2, -0.15) is 0 Å². The number of carbonyl (C=O) groups excluding carboxylic acids is 1. The number of aryl methyl sites for hydroxylation is 2. The quantitative estimate of drug-likeness (QED) is 0.786. The molecular weight excluding hydrogens is 360 g/mol. The van der Waals surface area contributed by atoms with Gasteiger partial charge in [0.05, 0.1) is 18.0 Å². The summed E-state index contributed by atoms with van der Waals surface area (Å²) in [5.41, 5.74) is 3.39. The molecule has 0 radical (unpaired) electrons. The molecule has 0 spiro atoms. The van der Waals surface area contributed by atoms with Crippen LogP contribution >= 0.6 is 0 Å². The van der Waals surface area contributed by atoms with Gasteiger partial charge in [-0.1, -0.05) is 43.3 Å². The maximum Gasteiger partial charge on any atom is 0.244 e. The average molecular weight is 389 g/mol. The zero-order valence-electron chi connectivity index (χ0n) is 16.6. The van der Waals surface area contributed by atoms with Crippen LogP contribution in [0.15, 0.2) is 48.5 Å². The number of nitrogens with one attached hydrogen (secondary N) is 1. The van der Waals surface area contributed by atoms with Crippen LogP contribution in [-0.2, 0) is 14.8 Å². The third-order valence-corrected chi connectivity index (χ3v) is 5.63. The summed E-state index contributed by atoms with van der Waals surface area (Å²) < 4.78 is 26.4. The standard InChI is InChI=1S/C21H28N2O3S/c1-6-20(21(24)22-17(4)18-10-8-7-9-11-18)23(27(5,25)26)19-13-15(2)12-16(3)14-19/h7-14,17,20H,6H2,1-5H3,(H,22,24)/t17-,20+/m1/s1. The molecule has 2 rings (SSSR count). The Morgan fingerprint density at radius 1 is 1.07 bits per heavy atom. The molecule has 0 saturated heterocycles. The van der Waals surface area contributed by atoms with Crippen LogP contribution in [0, 0.1) is 13.8 Å². The number of rotatable bonds is 7. The summed E-state index contributed by atoms with van der Waals surface area (Å²) in [6, 6.07) is 14.1. The van der Waals surface area contributed by atoms with Crippen molar-refractivity contribution in [2.45, 2.75) is 46.2 Å². The average Bonchev–Trinajstić information content (AvgIpc) is 2.58. The first-order chi connectivity index (χ1) is 12.6. The summed E-state index contributed by atoms with van der Waals surface area (Å²) in [5.74, 6) is -0.307. The molecule has 0 aliphatic rings. The van der Waals surface area contributed by atoms with Crippen molar-refractivity contribution in [2.24, 2.45) is 0 Å². The van der Waals surface area contributed by atoms with Crippen molar-refractivity contribution in [3.05, 3.63) is 65.2 Å². The summed E-state index contributed by atoms with van der Waals surface area (Å²) in [6.07, 6.45) is 1.51. The molecule has 5 nitrogen and oxygen atoms in total. The molecule has 1 amide bonds. The SMILES string of the molecule is CC[C@@H](C(=O)N[C@H](C)c1ccccc1)N(c1cc(C)cc(C)c1)S(C)(=O)=O. The number of hydrogen-bond acceptors (Lipinski definition) is 3. The molecule has 146 valence electrons. The lowest BCUT2D eigenvalue weighted by molar-refractivity contribution is -0.122. The van der Waals surface area contributed by atoms with Crippen LogP contribution in [0.25, 0.3) is 0 Å². The van der Waals surface area contributed by atoms with Gasteiger partial charge in [0, 0.05) is 0 Å². The Labute approximate surface area is 162 Å². The van der Waals surface area contributed by atoms with E-state index in [1.54, 1.807) is 12.1 Å². The number of anilines is 1. The van der Waals surface area contributed by atoms with Gasteiger partial charge in [0.2, 0.25) is 15.9 Å². The van der Waals surface area contributed by atoms with Crippen molar-refractivity contribution in [2.75, 3.05) is 10.6 Å². The van der Waals surface area contributed by atoms with Gasteiger partial charge < -0.3 is 5.32 Å². The van der Waals surface area contributed by atoms with Crippen LogP contribution in [0.2, 0.25) is 0 Å². The molecule has 2 aromatic carbocycles. The highest BCUT2D eigenvalue weighted by Crippen LogP contribution is 2.25. The van der Waals surface area contributed by atoms with Crippen LogP contribution in [-0.4, -0.2) is 26.6 Å². The van der Waals surface area contributed by atoms with Gasteiger partial charge in [-0.15, -0.1) is 0 Å². The fraction of sp³-hybridized carbons (Fsp3) is 0.381. The largest absolute Gasteiger partial charge is 0.348 e. The van der Waals surface area contributed by atoms with Crippen molar-refractivity contribution < 1.29 is 13.2 Å². The molecule has 0 heterocycles. The second-order valence-corrected chi connectivity index (χ2v) is 8.83. The lowest BCUT2D eigenvalue weighted by atomic mass is 10.1. The van der Waals surface area contributed by atoms with Gasteiger partial charge in [0.15, 0.2) is 0 Å². The molecule has 0 aliphatic carbocycles. The highest BCUT2D eigenvalue weighted by molar-refractivity contribution is 7.92. The number of nitrogens with zero attached hydrogens (tertiary/aromatic N) is 1. The number of carbonyl (C=O) groups is 1. The Morgan fingerprint density at radius 3 is 2.11 bits per heavy atom. The Morgan fingerprint density at radius 2 is 1.63 bits per heavy atom. The maximum atomic E-state index is 13.0. The van der Waals surface area contributed by atoms with Crippen LogP contribution in [0.1, 0.15) is 43.0 Å². The van der Waals surface area contributed by atoms with Gasteiger partial charge in [-0.25, -0.2) is 8.42 Å². The molecule has 0 saturated carbocycles. The zero-order chi connectivity index (χ0) is 20.2. The van der Waals surface area contributed by atoms with E-state index in [4.69, 9.17) is 0 Å². The first-order valence-electron chi connectivity index (χ1n) is 9.06. The van der Waals surface area contributed by atoms with Crippen LogP contribution in [0.3, 0.4) is 0 Å². The summed E-state index contributed by atoms with van der Waals surface area (Å²) >= 11 is 0. The Bertz CT molecular complexity index is 875. The molecule has 0 bridgehead atoms. The molecule has 27 heavy (non-hydrogen) atoms. The number of sulfonamides is 1. The minimum Gasteiger partial charge on any atom is -0.348 e. The number of amides is 1. The van der Waals surface area contributed by atoms with Crippen LogP contribution < -0.4 is 9.62 Å². The van der Waals surface area contributed by atoms with Crippen LogP contribution in [0.5, 0.6) is 0 Å². The molecule has 0 unspecified atom stereocenters. The minimum atomic E-state index is -3.64. The molecule has 6 heteroatoms. The smallest absolute Gasteiger partial charge is 0.244 e. The zero-order valence-corrected chi connectivity index (χ0v) is 17.4. The first-order valence-corrected chi connectivity index (χ1v) is 10.9.